The molecule has 1 unspecified atom stereocenters. The van der Waals surface area contributed by atoms with Gasteiger partial charge in [0.2, 0.25) is 5.28 Å². The van der Waals surface area contributed by atoms with Crippen molar-refractivity contribution in [3.8, 4) is 11.3 Å². The SMILES string of the molecule is COC(=O)c1cc(-c2nc(Cl)nc3c2ncn3C2CCCCO2)cn1S(=O)(=O)C(=O)c1ccc(C)cc1. The number of aromatic nitrogens is 5. The lowest BCUT2D eigenvalue weighted by molar-refractivity contribution is -0.0298. The number of ether oxygens (including phenoxy) is 2. The number of imidazole rings is 1. The average Bonchev–Trinajstić information content (AvgIpc) is 3.54. The number of fused-ring (bicyclic) bond motifs is 1. The zero-order valence-corrected chi connectivity index (χ0v) is 21.5. The topological polar surface area (TPSA) is 135 Å². The molecular weight excluding hydrogens is 522 g/mol. The summed E-state index contributed by atoms with van der Waals surface area (Å²) in [7, 11) is -3.59. The fraction of sp³-hybridized carbons (Fsp3) is 0.292. The van der Waals surface area contributed by atoms with Gasteiger partial charge < -0.3 is 9.47 Å². The van der Waals surface area contributed by atoms with Gasteiger partial charge in [-0.1, -0.05) is 17.7 Å². The Labute approximate surface area is 217 Å². The molecule has 0 bridgehead atoms. The third kappa shape index (κ3) is 4.52. The maximum atomic E-state index is 13.4. The van der Waals surface area contributed by atoms with E-state index in [1.165, 1.54) is 18.2 Å². The van der Waals surface area contributed by atoms with Crippen molar-refractivity contribution in [3.05, 3.63) is 65.0 Å². The molecule has 13 heteroatoms. The number of esters is 1. The van der Waals surface area contributed by atoms with Crippen LogP contribution in [0.1, 0.15) is 51.9 Å². The maximum Gasteiger partial charge on any atom is 0.355 e. The highest BCUT2D eigenvalue weighted by Gasteiger charge is 2.32. The summed E-state index contributed by atoms with van der Waals surface area (Å²) in [6.45, 7) is 2.42. The zero-order valence-electron chi connectivity index (χ0n) is 19.9. The third-order valence-corrected chi connectivity index (χ3v) is 7.79. The summed E-state index contributed by atoms with van der Waals surface area (Å²) in [4.78, 5) is 38.5. The number of carbonyl (C=O) groups is 2. The molecule has 1 atom stereocenters. The summed E-state index contributed by atoms with van der Waals surface area (Å²) in [6.07, 6.45) is 5.12. The number of aryl methyl sites for hydroxylation is 1. The van der Waals surface area contributed by atoms with Gasteiger partial charge >= 0.3 is 16.0 Å². The Balaban J connectivity index is 1.64. The minimum atomic E-state index is -4.70. The molecule has 1 aliphatic heterocycles. The van der Waals surface area contributed by atoms with Crippen LogP contribution in [0.2, 0.25) is 5.28 Å². The first-order valence-electron chi connectivity index (χ1n) is 11.4. The van der Waals surface area contributed by atoms with Gasteiger partial charge in [-0.3, -0.25) is 9.36 Å². The second-order valence-electron chi connectivity index (χ2n) is 8.55. The molecule has 0 radical (unpaired) electrons. The van der Waals surface area contributed by atoms with Crippen LogP contribution in [-0.4, -0.2) is 56.7 Å². The Kier molecular flexibility index (Phi) is 6.56. The number of carbonyl (C=O) groups excluding carboxylic acids is 2. The van der Waals surface area contributed by atoms with Gasteiger partial charge in [0, 0.05) is 23.9 Å². The van der Waals surface area contributed by atoms with E-state index in [-0.39, 0.29) is 34.0 Å². The molecule has 1 saturated heterocycles. The molecule has 11 nitrogen and oxygen atoms in total. The third-order valence-electron chi connectivity index (χ3n) is 6.09. The van der Waals surface area contributed by atoms with E-state index in [4.69, 9.17) is 21.1 Å². The van der Waals surface area contributed by atoms with E-state index in [0.29, 0.717) is 21.7 Å². The highest BCUT2D eigenvalue weighted by atomic mass is 35.5. The first-order chi connectivity index (χ1) is 17.7. The molecule has 0 aliphatic carbocycles. The lowest BCUT2D eigenvalue weighted by Crippen LogP contribution is -2.25. The molecule has 1 fully saturated rings. The van der Waals surface area contributed by atoms with Crippen molar-refractivity contribution in [1.82, 2.24) is 23.5 Å². The number of methoxy groups -OCH3 is 1. The van der Waals surface area contributed by atoms with Crippen LogP contribution in [0, 0.1) is 6.92 Å². The Hall–Kier alpha value is -3.61. The summed E-state index contributed by atoms with van der Waals surface area (Å²) in [5, 5.41) is -1.28. The molecule has 0 amide bonds. The van der Waals surface area contributed by atoms with Gasteiger partial charge in [-0.15, -0.1) is 0 Å². The summed E-state index contributed by atoms with van der Waals surface area (Å²) in [5.41, 5.74) is 1.53. The van der Waals surface area contributed by atoms with Crippen LogP contribution >= 0.6 is 11.6 Å². The number of halogens is 1. The van der Waals surface area contributed by atoms with Gasteiger partial charge in [0.25, 0.3) is 5.12 Å². The average molecular weight is 544 g/mol. The van der Waals surface area contributed by atoms with E-state index >= 15 is 0 Å². The van der Waals surface area contributed by atoms with E-state index < -0.39 is 21.1 Å². The van der Waals surface area contributed by atoms with Crippen molar-refractivity contribution < 1.29 is 27.5 Å². The fourth-order valence-electron chi connectivity index (χ4n) is 4.20. The molecule has 5 rings (SSSR count). The highest BCUT2D eigenvalue weighted by molar-refractivity contribution is 8.05. The summed E-state index contributed by atoms with van der Waals surface area (Å²) >= 11 is 6.24. The molecule has 0 N–H and O–H groups in total. The molecule has 3 aromatic heterocycles. The summed E-state index contributed by atoms with van der Waals surface area (Å²) in [6, 6.07) is 7.32. The van der Waals surface area contributed by atoms with E-state index in [0.717, 1.165) is 38.1 Å². The van der Waals surface area contributed by atoms with E-state index in [9.17, 15) is 18.0 Å². The van der Waals surface area contributed by atoms with Crippen LogP contribution in [0.5, 0.6) is 0 Å². The van der Waals surface area contributed by atoms with Crippen molar-refractivity contribution in [2.24, 2.45) is 0 Å². The van der Waals surface area contributed by atoms with Crippen LogP contribution in [0.15, 0.2) is 42.9 Å². The van der Waals surface area contributed by atoms with E-state index in [2.05, 4.69) is 15.0 Å². The smallest absolute Gasteiger partial charge is 0.355 e. The molecule has 1 aliphatic rings. The number of hydrogen-bond acceptors (Lipinski definition) is 9. The van der Waals surface area contributed by atoms with Crippen LogP contribution in [0.4, 0.5) is 0 Å². The lowest BCUT2D eigenvalue weighted by Gasteiger charge is -2.23. The predicted molar refractivity (Wildman–Crippen MR) is 134 cm³/mol. The molecular formula is C24H22ClN5O6S. The monoisotopic (exact) mass is 543 g/mol. The quantitative estimate of drug-likeness (QED) is 0.272. The molecule has 0 spiro atoms. The normalized spacial score (nSPS) is 16.1. The first-order valence-corrected chi connectivity index (χ1v) is 13.2. The second-order valence-corrected chi connectivity index (χ2v) is 10.6. The Morgan fingerprint density at radius 1 is 1.16 bits per heavy atom. The standard InChI is InChI=1S/C24H22ClN5O6S/c1-14-6-8-15(9-7-14)23(32)37(33,34)30-12-16(11-17(30)22(31)35-2)19-20-21(28-24(25)27-19)29(13-26-20)18-5-3-4-10-36-18/h6-9,11-13,18H,3-5,10H2,1-2H3. The number of nitrogens with zero attached hydrogens (tertiary/aromatic N) is 5. The van der Waals surface area contributed by atoms with Crippen LogP contribution < -0.4 is 0 Å². The Morgan fingerprint density at radius 2 is 1.92 bits per heavy atom. The highest BCUT2D eigenvalue weighted by Crippen LogP contribution is 2.32. The van der Waals surface area contributed by atoms with Crippen molar-refractivity contribution in [1.29, 1.82) is 0 Å². The van der Waals surface area contributed by atoms with E-state index in [1.807, 2.05) is 6.92 Å². The number of benzene rings is 1. The number of hydrogen-bond donors (Lipinski definition) is 0. The van der Waals surface area contributed by atoms with Gasteiger partial charge in [0.15, 0.2) is 5.65 Å². The minimum Gasteiger partial charge on any atom is -0.464 e. The van der Waals surface area contributed by atoms with Gasteiger partial charge in [-0.2, -0.15) is 13.4 Å². The van der Waals surface area contributed by atoms with Crippen molar-refractivity contribution in [3.63, 3.8) is 0 Å². The van der Waals surface area contributed by atoms with Gasteiger partial charge in [-0.25, -0.2) is 18.7 Å². The molecule has 4 aromatic rings. The van der Waals surface area contributed by atoms with Gasteiger partial charge in [0.05, 0.1) is 13.4 Å². The van der Waals surface area contributed by atoms with Crippen molar-refractivity contribution in [2.45, 2.75) is 32.4 Å². The maximum absolute atomic E-state index is 13.4. The summed E-state index contributed by atoms with van der Waals surface area (Å²) < 4.78 is 39.7. The largest absolute Gasteiger partial charge is 0.464 e. The minimum absolute atomic E-state index is 0.0460. The zero-order chi connectivity index (χ0) is 26.3. The molecule has 37 heavy (non-hydrogen) atoms. The van der Waals surface area contributed by atoms with Gasteiger partial charge in [0.1, 0.15) is 23.1 Å². The Morgan fingerprint density at radius 3 is 2.59 bits per heavy atom. The summed E-state index contributed by atoms with van der Waals surface area (Å²) in [5.74, 6) is -0.955. The van der Waals surface area contributed by atoms with Gasteiger partial charge in [-0.05, 0) is 56.0 Å². The fourth-order valence-corrected chi connectivity index (χ4v) is 5.61. The van der Waals surface area contributed by atoms with Crippen molar-refractivity contribution in [2.75, 3.05) is 13.7 Å². The lowest BCUT2D eigenvalue weighted by atomic mass is 10.2. The predicted octanol–water partition coefficient (Wildman–Crippen LogP) is 3.76. The van der Waals surface area contributed by atoms with Crippen molar-refractivity contribution >= 4 is 43.9 Å². The molecule has 1 aromatic carbocycles. The molecule has 4 heterocycles. The number of rotatable bonds is 5. The Bertz CT molecular complexity index is 1620. The second kappa shape index (κ2) is 9.69. The van der Waals surface area contributed by atoms with Crippen LogP contribution in [0.25, 0.3) is 22.4 Å². The van der Waals surface area contributed by atoms with E-state index in [1.54, 1.807) is 23.0 Å². The molecule has 192 valence electrons. The molecule has 0 saturated carbocycles. The first kappa shape index (κ1) is 25.1. The van der Waals surface area contributed by atoms with Crippen LogP contribution in [-0.2, 0) is 19.5 Å². The van der Waals surface area contributed by atoms with Crippen LogP contribution in [0.3, 0.4) is 0 Å².